The van der Waals surface area contributed by atoms with E-state index in [1.807, 2.05) is 24.3 Å². The maximum atomic E-state index is 12.0. The average Bonchev–Trinajstić information content (AvgIpc) is 3.34. The van der Waals surface area contributed by atoms with Crippen LogP contribution >= 0.6 is 0 Å². The lowest BCUT2D eigenvalue weighted by atomic mass is 9.95. The second-order valence-corrected chi connectivity index (χ2v) is 8.68. The number of carbonyl (C=O) groups is 1. The summed E-state index contributed by atoms with van der Waals surface area (Å²) in [5.41, 5.74) is 2.14. The summed E-state index contributed by atoms with van der Waals surface area (Å²) in [6.07, 6.45) is 3.29. The number of pyridine rings is 1. The largest absolute Gasteiger partial charge is 0.390 e. The highest BCUT2D eigenvalue weighted by atomic mass is 16.3. The van der Waals surface area contributed by atoms with Gasteiger partial charge >= 0.3 is 0 Å². The third-order valence-corrected chi connectivity index (χ3v) is 6.51. The van der Waals surface area contributed by atoms with Gasteiger partial charge in [-0.25, -0.2) is 9.97 Å². The van der Waals surface area contributed by atoms with E-state index in [2.05, 4.69) is 20.3 Å². The molecule has 3 aromatic heterocycles. The molecule has 0 spiro atoms. The fourth-order valence-electron chi connectivity index (χ4n) is 4.83. The Morgan fingerprint density at radius 1 is 1.21 bits per heavy atom. The van der Waals surface area contributed by atoms with Crippen molar-refractivity contribution in [2.75, 3.05) is 5.32 Å². The van der Waals surface area contributed by atoms with E-state index in [4.69, 9.17) is 0 Å². The Morgan fingerprint density at radius 3 is 2.85 bits per heavy atom. The number of H-pyrrole nitrogens is 1. The quantitative estimate of drug-likeness (QED) is 0.371. The molecule has 0 unspecified atom stereocenters. The highest BCUT2D eigenvalue weighted by molar-refractivity contribution is 5.89. The molecule has 9 nitrogen and oxygen atoms in total. The maximum Gasteiger partial charge on any atom is 0.260 e. The van der Waals surface area contributed by atoms with Crippen LogP contribution in [0.5, 0.6) is 0 Å². The molecular formula is C24H25N5O4. The molecule has 1 aliphatic carbocycles. The fourth-order valence-corrected chi connectivity index (χ4v) is 4.83. The zero-order valence-electron chi connectivity index (χ0n) is 18.1. The van der Waals surface area contributed by atoms with Crippen LogP contribution in [0.1, 0.15) is 31.4 Å². The van der Waals surface area contributed by atoms with Gasteiger partial charge in [0.15, 0.2) is 0 Å². The number of aliphatic hydroxyl groups excluding tert-OH is 2. The van der Waals surface area contributed by atoms with Crippen molar-refractivity contribution in [3.63, 3.8) is 0 Å². The van der Waals surface area contributed by atoms with E-state index in [-0.39, 0.29) is 23.4 Å². The number of anilines is 1. The van der Waals surface area contributed by atoms with Gasteiger partial charge in [-0.05, 0) is 55.0 Å². The second-order valence-electron chi connectivity index (χ2n) is 8.68. The van der Waals surface area contributed by atoms with E-state index in [1.165, 1.54) is 13.3 Å². The number of aromatic amines is 1. The lowest BCUT2D eigenvalue weighted by Crippen LogP contribution is -2.29. The minimum absolute atomic E-state index is 0.0983. The summed E-state index contributed by atoms with van der Waals surface area (Å²) in [6.45, 7) is 1.45. The van der Waals surface area contributed by atoms with Crippen molar-refractivity contribution in [1.82, 2.24) is 19.5 Å². The zero-order chi connectivity index (χ0) is 23.1. The third-order valence-electron chi connectivity index (χ3n) is 6.51. The summed E-state index contributed by atoms with van der Waals surface area (Å²) < 4.78 is 1.79. The Bertz CT molecular complexity index is 1390. The van der Waals surface area contributed by atoms with Crippen LogP contribution in [0.15, 0.2) is 53.7 Å². The Labute approximate surface area is 189 Å². The first kappa shape index (κ1) is 21.3. The number of nitrogens with zero attached hydrogens (tertiary/aromatic N) is 3. The van der Waals surface area contributed by atoms with Crippen LogP contribution in [0, 0.1) is 5.92 Å². The molecule has 0 bridgehead atoms. The number of carbonyl (C=O) groups excluding carboxylic acids is 1. The van der Waals surface area contributed by atoms with Gasteiger partial charge in [0.05, 0.1) is 29.4 Å². The van der Waals surface area contributed by atoms with E-state index in [0.29, 0.717) is 36.1 Å². The van der Waals surface area contributed by atoms with Gasteiger partial charge in [0.25, 0.3) is 5.56 Å². The van der Waals surface area contributed by atoms with Crippen molar-refractivity contribution in [3.05, 3.63) is 64.8 Å². The smallest absolute Gasteiger partial charge is 0.260 e. The average molecular weight is 447 g/mol. The number of aryl methyl sites for hydroxylation is 1. The molecule has 1 aromatic carbocycles. The molecule has 5 rings (SSSR count). The number of rotatable bonds is 5. The van der Waals surface area contributed by atoms with Crippen LogP contribution in [0.2, 0.25) is 0 Å². The molecule has 1 saturated carbocycles. The van der Waals surface area contributed by atoms with E-state index < -0.39 is 12.2 Å². The first-order valence-corrected chi connectivity index (χ1v) is 11.0. The lowest BCUT2D eigenvalue weighted by molar-refractivity contribution is -0.114. The first-order chi connectivity index (χ1) is 15.9. The Balaban J connectivity index is 1.32. The van der Waals surface area contributed by atoms with Crippen LogP contribution in [0.25, 0.3) is 21.9 Å². The van der Waals surface area contributed by atoms with Gasteiger partial charge in [-0.15, -0.1) is 0 Å². The molecule has 1 aliphatic rings. The number of hydrogen-bond acceptors (Lipinski definition) is 6. The maximum absolute atomic E-state index is 12.0. The molecule has 4 aromatic rings. The minimum Gasteiger partial charge on any atom is -0.390 e. The number of amides is 1. The summed E-state index contributed by atoms with van der Waals surface area (Å²) in [4.78, 5) is 34.6. The Hall–Kier alpha value is -3.56. The van der Waals surface area contributed by atoms with Gasteiger partial charge in [-0.2, -0.15) is 0 Å². The number of fused-ring (bicyclic) bond motifs is 2. The SMILES string of the molecule is CC(=O)Nc1ccc2ccc(CC[C@H]3C[C@@H](n4ccc5c(=O)[nH]cnc54)[C@H](O)[C@@H]3O)cc2n1. The monoisotopic (exact) mass is 447 g/mol. The molecule has 1 amide bonds. The molecule has 0 radical (unpaired) electrons. The van der Waals surface area contributed by atoms with Crippen molar-refractivity contribution in [2.24, 2.45) is 5.92 Å². The highest BCUT2D eigenvalue weighted by Gasteiger charge is 2.42. The van der Waals surface area contributed by atoms with Crippen LogP contribution in [-0.2, 0) is 11.2 Å². The Morgan fingerprint density at radius 2 is 2.03 bits per heavy atom. The summed E-state index contributed by atoms with van der Waals surface area (Å²) in [7, 11) is 0. The lowest BCUT2D eigenvalue weighted by Gasteiger charge is -2.18. The van der Waals surface area contributed by atoms with Crippen molar-refractivity contribution < 1.29 is 15.0 Å². The predicted octanol–water partition coefficient (Wildman–Crippen LogP) is 2.15. The van der Waals surface area contributed by atoms with Crippen LogP contribution in [0.3, 0.4) is 0 Å². The molecule has 33 heavy (non-hydrogen) atoms. The molecular weight excluding hydrogens is 422 g/mol. The third kappa shape index (κ3) is 4.01. The summed E-state index contributed by atoms with van der Waals surface area (Å²) in [6, 6.07) is 11.0. The van der Waals surface area contributed by atoms with Crippen molar-refractivity contribution in [3.8, 4) is 0 Å². The molecule has 170 valence electrons. The van der Waals surface area contributed by atoms with E-state index in [9.17, 15) is 19.8 Å². The second kappa shape index (κ2) is 8.42. The number of benzene rings is 1. The van der Waals surface area contributed by atoms with Gasteiger partial charge in [-0.3, -0.25) is 9.59 Å². The molecule has 0 saturated heterocycles. The summed E-state index contributed by atoms with van der Waals surface area (Å²) in [5.74, 6) is 0.242. The minimum atomic E-state index is -0.940. The van der Waals surface area contributed by atoms with Crippen molar-refractivity contribution in [2.45, 2.75) is 44.4 Å². The van der Waals surface area contributed by atoms with Crippen molar-refractivity contribution in [1.29, 1.82) is 0 Å². The van der Waals surface area contributed by atoms with Crippen LogP contribution in [-0.4, -0.2) is 47.8 Å². The number of aliphatic hydroxyl groups is 2. The van der Waals surface area contributed by atoms with E-state index >= 15 is 0 Å². The van der Waals surface area contributed by atoms with Crippen LogP contribution in [0.4, 0.5) is 5.82 Å². The molecule has 9 heteroatoms. The standard InChI is InChI=1S/C24H25N5O4/c1-13(30)27-20-7-6-15-4-2-14(10-18(15)28-20)3-5-16-11-19(22(32)21(16)31)29-9-8-17-23(29)25-12-26-24(17)33/h2,4,6-10,12,16,19,21-22,31-32H,3,5,11H2,1H3,(H,25,26,33)(H,27,28,30)/t16-,19+,21+,22-/m0/s1. The summed E-state index contributed by atoms with van der Waals surface area (Å²) in [5, 5.41) is 25.6. The number of hydrogen-bond donors (Lipinski definition) is 4. The molecule has 0 aliphatic heterocycles. The van der Waals surface area contributed by atoms with Gasteiger partial charge in [-0.1, -0.05) is 12.1 Å². The molecule has 1 fully saturated rings. The normalized spacial score (nSPS) is 22.8. The van der Waals surface area contributed by atoms with Crippen molar-refractivity contribution >= 4 is 33.7 Å². The fraction of sp³-hybridized carbons (Fsp3) is 0.333. The van der Waals surface area contributed by atoms with Crippen LogP contribution < -0.4 is 10.9 Å². The topological polar surface area (TPSA) is 133 Å². The predicted molar refractivity (Wildman–Crippen MR) is 124 cm³/mol. The number of aromatic nitrogens is 4. The molecule has 4 atom stereocenters. The highest BCUT2D eigenvalue weighted by Crippen LogP contribution is 2.39. The molecule has 4 N–H and O–H groups in total. The van der Waals surface area contributed by atoms with E-state index in [0.717, 1.165) is 16.5 Å². The van der Waals surface area contributed by atoms with Gasteiger partial charge < -0.3 is 25.1 Å². The number of nitrogens with one attached hydrogen (secondary N) is 2. The molecule has 3 heterocycles. The first-order valence-electron chi connectivity index (χ1n) is 11.0. The van der Waals surface area contributed by atoms with Gasteiger partial charge in [0.1, 0.15) is 17.6 Å². The van der Waals surface area contributed by atoms with Gasteiger partial charge in [0.2, 0.25) is 5.91 Å². The van der Waals surface area contributed by atoms with Gasteiger partial charge in [0, 0.05) is 18.5 Å². The summed E-state index contributed by atoms with van der Waals surface area (Å²) >= 11 is 0. The zero-order valence-corrected chi connectivity index (χ0v) is 18.1. The van der Waals surface area contributed by atoms with E-state index in [1.54, 1.807) is 22.9 Å². The Kier molecular flexibility index (Phi) is 5.43.